The maximum atomic E-state index is 13.1. The summed E-state index contributed by atoms with van der Waals surface area (Å²) in [5.74, 6) is -0.765. The molecule has 0 bridgehead atoms. The number of sulfonamides is 1. The normalized spacial score (nSPS) is 12.6. The van der Waals surface area contributed by atoms with E-state index in [1.165, 1.54) is 24.3 Å². The van der Waals surface area contributed by atoms with Gasteiger partial charge in [0.2, 0.25) is 15.9 Å². The van der Waals surface area contributed by atoms with Crippen LogP contribution in [0.1, 0.15) is 29.2 Å². The first-order valence-corrected chi connectivity index (χ1v) is 9.63. The van der Waals surface area contributed by atoms with E-state index in [1.807, 2.05) is 26.0 Å². The van der Waals surface area contributed by atoms with Gasteiger partial charge in [-0.2, -0.15) is 0 Å². The maximum absolute atomic E-state index is 13.1. The van der Waals surface area contributed by atoms with E-state index >= 15 is 0 Å². The summed E-state index contributed by atoms with van der Waals surface area (Å²) in [6.07, 6.45) is 0.914. The van der Waals surface area contributed by atoms with Crippen LogP contribution in [0.2, 0.25) is 0 Å². The molecular formula is C18H21FN2O3S. The molecule has 1 unspecified atom stereocenters. The Morgan fingerprint density at radius 1 is 1.12 bits per heavy atom. The van der Waals surface area contributed by atoms with Crippen LogP contribution in [0.4, 0.5) is 10.1 Å². The van der Waals surface area contributed by atoms with Crippen molar-refractivity contribution in [3.05, 3.63) is 65.0 Å². The van der Waals surface area contributed by atoms with Gasteiger partial charge in [0, 0.05) is 12.1 Å². The van der Waals surface area contributed by atoms with Gasteiger partial charge < -0.3 is 5.32 Å². The zero-order valence-electron chi connectivity index (χ0n) is 14.3. The van der Waals surface area contributed by atoms with Crippen molar-refractivity contribution in [2.75, 3.05) is 11.6 Å². The minimum Gasteiger partial charge on any atom is -0.326 e. The molecule has 2 N–H and O–H groups in total. The summed E-state index contributed by atoms with van der Waals surface area (Å²) >= 11 is 0. The van der Waals surface area contributed by atoms with Gasteiger partial charge in [0.15, 0.2) is 0 Å². The minimum absolute atomic E-state index is 0.105. The first-order chi connectivity index (χ1) is 11.6. The number of anilines is 1. The second kappa shape index (κ2) is 7.76. The molecule has 134 valence electrons. The van der Waals surface area contributed by atoms with Crippen molar-refractivity contribution in [1.82, 2.24) is 4.72 Å². The molecule has 2 aromatic rings. The molecule has 2 rings (SSSR count). The molecule has 0 saturated carbocycles. The molecule has 0 saturated heterocycles. The van der Waals surface area contributed by atoms with Crippen LogP contribution in [0.3, 0.4) is 0 Å². The van der Waals surface area contributed by atoms with Crippen molar-refractivity contribution < 1.29 is 17.6 Å². The molecule has 5 nitrogen and oxygen atoms in total. The van der Waals surface area contributed by atoms with E-state index in [4.69, 9.17) is 0 Å². The molecular weight excluding hydrogens is 343 g/mol. The van der Waals surface area contributed by atoms with Gasteiger partial charge in [0.1, 0.15) is 5.82 Å². The van der Waals surface area contributed by atoms with Gasteiger partial charge in [-0.3, -0.25) is 4.79 Å². The number of carbonyl (C=O) groups is 1. The number of rotatable bonds is 6. The Labute approximate surface area is 147 Å². The third-order valence-corrected chi connectivity index (χ3v) is 4.39. The molecule has 0 spiro atoms. The first-order valence-electron chi connectivity index (χ1n) is 7.74. The number of nitrogens with one attached hydrogen (secondary N) is 2. The number of aryl methyl sites for hydroxylation is 2. The molecule has 2 aromatic carbocycles. The Balaban J connectivity index is 2.17. The van der Waals surface area contributed by atoms with Crippen molar-refractivity contribution in [3.63, 3.8) is 0 Å². The Morgan fingerprint density at radius 3 is 2.32 bits per heavy atom. The van der Waals surface area contributed by atoms with Crippen molar-refractivity contribution in [2.45, 2.75) is 26.3 Å². The summed E-state index contributed by atoms with van der Waals surface area (Å²) in [4.78, 5) is 12.4. The second-order valence-corrected chi connectivity index (χ2v) is 7.84. The molecule has 0 fully saturated rings. The molecule has 1 amide bonds. The monoisotopic (exact) mass is 364 g/mol. The van der Waals surface area contributed by atoms with Crippen LogP contribution in [0.15, 0.2) is 42.5 Å². The lowest BCUT2D eigenvalue weighted by molar-refractivity contribution is -0.116. The lowest BCUT2D eigenvalue weighted by atomic mass is 10.0. The van der Waals surface area contributed by atoms with Gasteiger partial charge in [-0.15, -0.1) is 0 Å². The summed E-state index contributed by atoms with van der Waals surface area (Å²) in [7, 11) is -3.54. The topological polar surface area (TPSA) is 75.3 Å². The quantitative estimate of drug-likeness (QED) is 0.827. The molecule has 0 radical (unpaired) electrons. The molecule has 0 aliphatic carbocycles. The van der Waals surface area contributed by atoms with Crippen LogP contribution < -0.4 is 10.0 Å². The molecule has 25 heavy (non-hydrogen) atoms. The van der Waals surface area contributed by atoms with E-state index in [2.05, 4.69) is 10.0 Å². The predicted octanol–water partition coefficient (Wildman–Crippen LogP) is 3.06. The summed E-state index contributed by atoms with van der Waals surface area (Å²) in [6, 6.07) is 10.2. The zero-order chi connectivity index (χ0) is 18.6. The number of carbonyl (C=O) groups excluding carboxylic acids is 1. The fourth-order valence-corrected chi connectivity index (χ4v) is 3.26. The van der Waals surface area contributed by atoms with E-state index < -0.39 is 21.9 Å². The van der Waals surface area contributed by atoms with Crippen molar-refractivity contribution in [2.24, 2.45) is 0 Å². The minimum atomic E-state index is -3.54. The van der Waals surface area contributed by atoms with E-state index in [0.29, 0.717) is 11.3 Å². The predicted molar refractivity (Wildman–Crippen MR) is 96.3 cm³/mol. The van der Waals surface area contributed by atoms with E-state index in [0.717, 1.165) is 17.4 Å². The zero-order valence-corrected chi connectivity index (χ0v) is 15.2. The number of halogens is 1. The van der Waals surface area contributed by atoms with Gasteiger partial charge in [-0.05, 0) is 43.2 Å². The lowest BCUT2D eigenvalue weighted by Gasteiger charge is -2.18. The van der Waals surface area contributed by atoms with Gasteiger partial charge >= 0.3 is 0 Å². The van der Waals surface area contributed by atoms with Gasteiger partial charge in [0.05, 0.1) is 12.3 Å². The number of amides is 1. The number of benzene rings is 2. The number of hydrogen-bond donors (Lipinski definition) is 2. The lowest BCUT2D eigenvalue weighted by Crippen LogP contribution is -2.30. The molecule has 0 aliphatic heterocycles. The van der Waals surface area contributed by atoms with Crippen LogP contribution in [0, 0.1) is 19.7 Å². The van der Waals surface area contributed by atoms with Crippen LogP contribution in [-0.2, 0) is 14.8 Å². The average molecular weight is 364 g/mol. The van der Waals surface area contributed by atoms with Crippen molar-refractivity contribution >= 4 is 21.6 Å². The van der Waals surface area contributed by atoms with E-state index in [9.17, 15) is 17.6 Å². The van der Waals surface area contributed by atoms with Gasteiger partial charge in [-0.25, -0.2) is 17.5 Å². The number of hydrogen-bond acceptors (Lipinski definition) is 3. The maximum Gasteiger partial charge on any atom is 0.226 e. The van der Waals surface area contributed by atoms with Crippen LogP contribution >= 0.6 is 0 Å². The Bertz CT molecular complexity index is 864. The van der Waals surface area contributed by atoms with Gasteiger partial charge in [0.25, 0.3) is 0 Å². The molecule has 0 aliphatic rings. The fourth-order valence-electron chi connectivity index (χ4n) is 2.52. The SMILES string of the molecule is Cc1ccc(NC(=O)CC(NS(C)(=O)=O)c2ccc(F)cc2)c(C)c1. The second-order valence-electron chi connectivity index (χ2n) is 6.06. The standard InChI is InChI=1S/C18H21FN2O3S/c1-12-4-9-16(13(2)10-12)20-18(22)11-17(21-25(3,23)24)14-5-7-15(19)8-6-14/h4-10,17,21H,11H2,1-3H3,(H,20,22). The van der Waals surface area contributed by atoms with Crippen molar-refractivity contribution in [3.8, 4) is 0 Å². The Morgan fingerprint density at radius 2 is 1.76 bits per heavy atom. The molecule has 7 heteroatoms. The first kappa shape index (κ1) is 19.1. The van der Waals surface area contributed by atoms with Crippen LogP contribution in [-0.4, -0.2) is 20.6 Å². The third kappa shape index (κ3) is 5.95. The van der Waals surface area contributed by atoms with Crippen LogP contribution in [0.25, 0.3) is 0 Å². The molecule has 0 aromatic heterocycles. The molecule has 0 heterocycles. The molecule has 1 atom stereocenters. The van der Waals surface area contributed by atoms with E-state index in [1.54, 1.807) is 6.07 Å². The summed E-state index contributed by atoms with van der Waals surface area (Å²) in [5, 5.41) is 2.79. The average Bonchev–Trinajstić information content (AvgIpc) is 2.49. The Kier molecular flexibility index (Phi) is 5.92. The highest BCUT2D eigenvalue weighted by Crippen LogP contribution is 2.21. The van der Waals surface area contributed by atoms with Crippen LogP contribution in [0.5, 0.6) is 0 Å². The smallest absolute Gasteiger partial charge is 0.226 e. The van der Waals surface area contributed by atoms with Gasteiger partial charge in [-0.1, -0.05) is 29.8 Å². The third-order valence-electron chi connectivity index (χ3n) is 3.67. The highest BCUT2D eigenvalue weighted by Gasteiger charge is 2.20. The largest absolute Gasteiger partial charge is 0.326 e. The highest BCUT2D eigenvalue weighted by molar-refractivity contribution is 7.88. The summed E-state index contributed by atoms with van der Waals surface area (Å²) < 4.78 is 38.7. The Hall–Kier alpha value is -2.25. The van der Waals surface area contributed by atoms with E-state index in [-0.39, 0.29) is 12.3 Å². The summed E-state index contributed by atoms with van der Waals surface area (Å²) in [6.45, 7) is 3.84. The van der Waals surface area contributed by atoms with Crippen molar-refractivity contribution in [1.29, 1.82) is 0 Å². The fraction of sp³-hybridized carbons (Fsp3) is 0.278. The highest BCUT2D eigenvalue weighted by atomic mass is 32.2. The summed E-state index contributed by atoms with van der Waals surface area (Å²) in [5.41, 5.74) is 3.19.